The second-order valence-electron chi connectivity index (χ2n) is 5.51. The molecule has 17 heavy (non-hydrogen) atoms. The van der Waals surface area contributed by atoms with Crippen molar-refractivity contribution in [2.24, 2.45) is 5.92 Å². The Labute approximate surface area is 103 Å². The van der Waals surface area contributed by atoms with Gasteiger partial charge in [0.15, 0.2) is 0 Å². The van der Waals surface area contributed by atoms with Gasteiger partial charge in [-0.3, -0.25) is 0 Å². The summed E-state index contributed by atoms with van der Waals surface area (Å²) >= 11 is 0. The molecule has 3 unspecified atom stereocenters. The highest BCUT2D eigenvalue weighted by molar-refractivity contribution is 5.45. The number of hydrogen-bond acceptors (Lipinski definition) is 2. The highest BCUT2D eigenvalue weighted by atomic mass is 16.3. The number of phenols is 1. The summed E-state index contributed by atoms with van der Waals surface area (Å²) in [5.74, 6) is 1.64. The maximum Gasteiger partial charge on any atom is 0.118 e. The van der Waals surface area contributed by atoms with Crippen LogP contribution in [-0.2, 0) is 0 Å². The molecule has 0 fully saturated rings. The molecule has 0 spiro atoms. The first-order valence-electron chi connectivity index (χ1n) is 6.48. The van der Waals surface area contributed by atoms with E-state index in [4.69, 9.17) is 0 Å². The molecule has 1 aromatic rings. The minimum Gasteiger partial charge on any atom is -0.508 e. The number of hydrogen-bond donors (Lipinski definition) is 2. The van der Waals surface area contributed by atoms with Gasteiger partial charge in [0.2, 0.25) is 0 Å². The predicted molar refractivity (Wildman–Crippen MR) is 69.5 cm³/mol. The van der Waals surface area contributed by atoms with Crippen LogP contribution < -0.4 is 0 Å². The van der Waals surface area contributed by atoms with E-state index in [1.165, 1.54) is 11.1 Å². The molecule has 1 aliphatic carbocycles. The Bertz CT molecular complexity index is 412. The molecule has 0 saturated heterocycles. The summed E-state index contributed by atoms with van der Waals surface area (Å²) in [6.07, 6.45) is 2.28. The van der Waals surface area contributed by atoms with Gasteiger partial charge >= 0.3 is 0 Å². The Morgan fingerprint density at radius 2 is 2.00 bits per heavy atom. The summed E-state index contributed by atoms with van der Waals surface area (Å²) in [6.45, 7) is 6.49. The largest absolute Gasteiger partial charge is 0.508 e. The number of rotatable bonds is 2. The van der Waals surface area contributed by atoms with Crippen molar-refractivity contribution >= 4 is 0 Å². The maximum atomic E-state index is 9.83. The van der Waals surface area contributed by atoms with E-state index in [9.17, 15) is 10.2 Å². The Morgan fingerprint density at radius 1 is 1.29 bits per heavy atom. The summed E-state index contributed by atoms with van der Waals surface area (Å²) in [5, 5.41) is 19.2. The number of benzene rings is 1. The molecule has 0 aromatic heterocycles. The number of aryl methyl sites for hydroxylation is 1. The molecule has 0 radical (unpaired) electrons. The number of fused-ring (bicyclic) bond motifs is 1. The van der Waals surface area contributed by atoms with Crippen LogP contribution in [-0.4, -0.2) is 16.8 Å². The molecular weight excluding hydrogens is 212 g/mol. The minimum absolute atomic E-state index is 0.235. The summed E-state index contributed by atoms with van der Waals surface area (Å²) in [7, 11) is 0. The molecule has 0 bridgehead atoms. The van der Waals surface area contributed by atoms with E-state index < -0.39 is 0 Å². The molecular formula is C15H22O2. The molecule has 2 heteroatoms. The van der Waals surface area contributed by atoms with Crippen LogP contribution in [0.2, 0.25) is 0 Å². The number of aromatic hydroxyl groups is 1. The third kappa shape index (κ3) is 2.19. The normalized spacial score (nSPS) is 25.4. The van der Waals surface area contributed by atoms with E-state index in [1.54, 1.807) is 0 Å². The fourth-order valence-electron chi connectivity index (χ4n) is 2.94. The Kier molecular flexibility index (Phi) is 3.43. The molecule has 3 atom stereocenters. The van der Waals surface area contributed by atoms with Gasteiger partial charge in [-0.1, -0.05) is 19.9 Å². The number of aliphatic hydroxyl groups is 1. The van der Waals surface area contributed by atoms with Crippen LogP contribution in [0, 0.1) is 12.8 Å². The van der Waals surface area contributed by atoms with Crippen molar-refractivity contribution in [3.05, 3.63) is 28.8 Å². The van der Waals surface area contributed by atoms with Crippen molar-refractivity contribution < 1.29 is 10.2 Å². The third-order valence-corrected chi connectivity index (χ3v) is 4.22. The Balaban J connectivity index is 2.47. The molecule has 2 N–H and O–H groups in total. The maximum absolute atomic E-state index is 9.83. The smallest absolute Gasteiger partial charge is 0.118 e. The van der Waals surface area contributed by atoms with Crippen molar-refractivity contribution in [3.8, 4) is 5.75 Å². The molecule has 0 saturated carbocycles. The van der Waals surface area contributed by atoms with Crippen LogP contribution in [0.4, 0.5) is 0 Å². The lowest BCUT2D eigenvalue weighted by molar-refractivity contribution is 0.206. The first kappa shape index (κ1) is 12.4. The van der Waals surface area contributed by atoms with E-state index in [0.29, 0.717) is 23.5 Å². The van der Waals surface area contributed by atoms with Gasteiger partial charge in [-0.2, -0.15) is 0 Å². The lowest BCUT2D eigenvalue weighted by atomic mass is 9.72. The van der Waals surface area contributed by atoms with Crippen LogP contribution in [0.3, 0.4) is 0 Å². The quantitative estimate of drug-likeness (QED) is 0.824. The van der Waals surface area contributed by atoms with Gasteiger partial charge < -0.3 is 10.2 Å². The zero-order valence-electron chi connectivity index (χ0n) is 10.9. The van der Waals surface area contributed by atoms with Crippen LogP contribution in [0.1, 0.15) is 55.2 Å². The summed E-state index contributed by atoms with van der Waals surface area (Å²) in [4.78, 5) is 0. The van der Waals surface area contributed by atoms with Crippen LogP contribution in [0.15, 0.2) is 12.1 Å². The van der Waals surface area contributed by atoms with E-state index in [0.717, 1.165) is 18.4 Å². The van der Waals surface area contributed by atoms with Gasteiger partial charge in [0.25, 0.3) is 0 Å². The average molecular weight is 234 g/mol. The molecule has 0 amide bonds. The lowest BCUT2D eigenvalue weighted by Crippen LogP contribution is -2.20. The van der Waals surface area contributed by atoms with Gasteiger partial charge in [-0.15, -0.1) is 0 Å². The minimum atomic E-state index is 0.235. The standard InChI is InChI=1S/C15H22O2/c1-9-4-5-12(11(3)8-16)14-6-10(2)15(17)7-13(9)14/h6-7,9,11-12,16-17H,4-5,8H2,1-3H3. The molecule has 1 aliphatic rings. The van der Waals surface area contributed by atoms with Gasteiger partial charge in [-0.05, 0) is 60.3 Å². The lowest BCUT2D eigenvalue weighted by Gasteiger charge is -2.33. The van der Waals surface area contributed by atoms with Crippen LogP contribution >= 0.6 is 0 Å². The van der Waals surface area contributed by atoms with E-state index in [-0.39, 0.29) is 6.61 Å². The van der Waals surface area contributed by atoms with E-state index in [2.05, 4.69) is 19.9 Å². The highest BCUT2D eigenvalue weighted by Gasteiger charge is 2.29. The molecule has 1 aromatic carbocycles. The zero-order chi connectivity index (χ0) is 12.6. The van der Waals surface area contributed by atoms with E-state index in [1.807, 2.05) is 13.0 Å². The average Bonchev–Trinajstić information content (AvgIpc) is 2.31. The molecule has 2 rings (SSSR count). The first-order chi connectivity index (χ1) is 8.04. The first-order valence-corrected chi connectivity index (χ1v) is 6.48. The Hall–Kier alpha value is -1.02. The molecule has 2 nitrogen and oxygen atoms in total. The van der Waals surface area contributed by atoms with Crippen molar-refractivity contribution in [2.45, 2.75) is 45.4 Å². The third-order valence-electron chi connectivity index (χ3n) is 4.22. The van der Waals surface area contributed by atoms with Gasteiger partial charge in [0.05, 0.1) is 0 Å². The number of phenolic OH excluding ortho intramolecular Hbond substituents is 1. The van der Waals surface area contributed by atoms with Gasteiger partial charge in [0.1, 0.15) is 5.75 Å². The predicted octanol–water partition coefficient (Wildman–Crippen LogP) is 3.31. The zero-order valence-corrected chi connectivity index (χ0v) is 10.9. The highest BCUT2D eigenvalue weighted by Crippen LogP contribution is 2.44. The van der Waals surface area contributed by atoms with Crippen molar-refractivity contribution in [2.75, 3.05) is 6.61 Å². The fraction of sp³-hybridized carbons (Fsp3) is 0.600. The summed E-state index contributed by atoms with van der Waals surface area (Å²) in [6, 6.07) is 4.03. The molecule has 0 aliphatic heterocycles. The molecule has 94 valence electrons. The van der Waals surface area contributed by atoms with Crippen molar-refractivity contribution in [1.29, 1.82) is 0 Å². The van der Waals surface area contributed by atoms with E-state index >= 15 is 0 Å². The fourth-order valence-corrected chi connectivity index (χ4v) is 2.94. The van der Waals surface area contributed by atoms with Crippen LogP contribution in [0.25, 0.3) is 0 Å². The summed E-state index contributed by atoms with van der Waals surface area (Å²) < 4.78 is 0. The second kappa shape index (κ2) is 4.69. The number of aliphatic hydroxyl groups excluding tert-OH is 1. The molecule has 0 heterocycles. The monoisotopic (exact) mass is 234 g/mol. The summed E-state index contributed by atoms with van der Waals surface area (Å²) in [5.41, 5.74) is 3.54. The van der Waals surface area contributed by atoms with Crippen molar-refractivity contribution in [1.82, 2.24) is 0 Å². The topological polar surface area (TPSA) is 40.5 Å². The van der Waals surface area contributed by atoms with Crippen LogP contribution in [0.5, 0.6) is 5.75 Å². The Morgan fingerprint density at radius 3 is 2.65 bits per heavy atom. The SMILES string of the molecule is Cc1cc2c(cc1O)C(C)CCC2C(C)CO. The van der Waals surface area contributed by atoms with Gasteiger partial charge in [-0.25, -0.2) is 0 Å². The second-order valence-corrected chi connectivity index (χ2v) is 5.51. The van der Waals surface area contributed by atoms with Crippen molar-refractivity contribution in [3.63, 3.8) is 0 Å². The van der Waals surface area contributed by atoms with Gasteiger partial charge in [0, 0.05) is 6.61 Å².